The van der Waals surface area contributed by atoms with Gasteiger partial charge in [0.05, 0.1) is 6.61 Å². The fourth-order valence-corrected chi connectivity index (χ4v) is 4.26. The minimum Gasteiger partial charge on any atom is -0.490 e. The first-order chi connectivity index (χ1) is 18.2. The van der Waals surface area contributed by atoms with Gasteiger partial charge in [-0.2, -0.15) is 0 Å². The van der Waals surface area contributed by atoms with Crippen molar-refractivity contribution in [1.82, 2.24) is 10.2 Å². The molecule has 4 rings (SSSR count). The fourth-order valence-electron chi connectivity index (χ4n) is 3.83. The number of nitrogens with one attached hydrogen (secondary N) is 2. The topological polar surface area (TPSA) is 97.0 Å². The molecule has 0 aliphatic carbocycles. The minimum absolute atomic E-state index is 0.0508. The lowest BCUT2D eigenvalue weighted by molar-refractivity contribution is -0.127. The average molecular weight is 578 g/mol. The van der Waals surface area contributed by atoms with Crippen molar-refractivity contribution in [2.75, 3.05) is 18.5 Å². The Kier molecular flexibility index (Phi) is 8.48. The van der Waals surface area contributed by atoms with Gasteiger partial charge in [0.25, 0.3) is 5.91 Å². The van der Waals surface area contributed by atoms with E-state index in [2.05, 4.69) is 26.6 Å². The molecule has 0 bridgehead atoms. The van der Waals surface area contributed by atoms with Crippen LogP contribution in [0.5, 0.6) is 11.5 Å². The van der Waals surface area contributed by atoms with Crippen LogP contribution in [0.3, 0.4) is 0 Å². The van der Waals surface area contributed by atoms with E-state index in [-0.39, 0.29) is 5.70 Å². The minimum atomic E-state index is -0.667. The quantitative estimate of drug-likeness (QED) is 0.256. The predicted octanol–water partition coefficient (Wildman–Crippen LogP) is 5.58. The van der Waals surface area contributed by atoms with Gasteiger partial charge in [-0.15, -0.1) is 0 Å². The summed E-state index contributed by atoms with van der Waals surface area (Å²) < 4.78 is 12.4. The Balaban J connectivity index is 1.49. The van der Waals surface area contributed by atoms with E-state index in [0.717, 1.165) is 16.0 Å². The number of urea groups is 1. The number of hydrogen-bond donors (Lipinski definition) is 2. The van der Waals surface area contributed by atoms with Crippen molar-refractivity contribution in [3.8, 4) is 11.5 Å². The molecule has 3 aromatic carbocycles. The standard InChI is InChI=1S/C29H28BrN3O5/c1-4-37-25-14-21(23(30)15-26(25)38-17-20-10-8-18(2)9-11-20)13-24-28(35)33(29(36)32-24)16-27(34)31-22-7-5-6-19(3)12-22/h5-15H,4,16-17H2,1-3H3,(H,31,34)(H,32,36)/b24-13+. The summed E-state index contributed by atoms with van der Waals surface area (Å²) >= 11 is 3.53. The zero-order valence-electron chi connectivity index (χ0n) is 21.3. The lowest BCUT2D eigenvalue weighted by atomic mass is 10.1. The number of carbonyl (C=O) groups excluding carboxylic acids is 3. The van der Waals surface area contributed by atoms with Gasteiger partial charge in [0, 0.05) is 10.2 Å². The van der Waals surface area contributed by atoms with Crippen LogP contribution in [0, 0.1) is 13.8 Å². The molecule has 1 aliphatic heterocycles. The van der Waals surface area contributed by atoms with E-state index in [4.69, 9.17) is 9.47 Å². The van der Waals surface area contributed by atoms with Crippen molar-refractivity contribution in [1.29, 1.82) is 0 Å². The first-order valence-corrected chi connectivity index (χ1v) is 12.9. The van der Waals surface area contributed by atoms with Crippen molar-refractivity contribution in [3.05, 3.63) is 93.1 Å². The van der Waals surface area contributed by atoms with Gasteiger partial charge in [-0.1, -0.05) is 57.9 Å². The molecular formula is C29H28BrN3O5. The third-order valence-electron chi connectivity index (χ3n) is 5.74. The van der Waals surface area contributed by atoms with Crippen molar-refractivity contribution in [2.24, 2.45) is 0 Å². The average Bonchev–Trinajstić information content (AvgIpc) is 3.13. The maximum atomic E-state index is 13.0. The largest absolute Gasteiger partial charge is 0.490 e. The smallest absolute Gasteiger partial charge is 0.329 e. The van der Waals surface area contributed by atoms with Gasteiger partial charge in [0.15, 0.2) is 11.5 Å². The van der Waals surface area contributed by atoms with Gasteiger partial charge in [-0.3, -0.25) is 9.59 Å². The molecule has 9 heteroatoms. The molecule has 1 saturated heterocycles. The number of benzene rings is 3. The summed E-state index contributed by atoms with van der Waals surface area (Å²) in [6.45, 7) is 6.16. The first kappa shape index (κ1) is 26.9. The Morgan fingerprint density at radius 2 is 1.74 bits per heavy atom. The van der Waals surface area contributed by atoms with Crippen LogP contribution in [0.15, 0.2) is 70.8 Å². The number of rotatable bonds is 9. The van der Waals surface area contributed by atoms with E-state index in [1.165, 1.54) is 11.6 Å². The van der Waals surface area contributed by atoms with Crippen molar-refractivity contribution < 1.29 is 23.9 Å². The SMILES string of the molecule is CCOc1cc(/C=C2/NC(=O)N(CC(=O)Nc3cccc(C)c3)C2=O)c(Br)cc1OCc1ccc(C)cc1. The van der Waals surface area contributed by atoms with Crippen LogP contribution >= 0.6 is 15.9 Å². The van der Waals surface area contributed by atoms with Gasteiger partial charge in [-0.25, -0.2) is 9.69 Å². The lowest BCUT2D eigenvalue weighted by Gasteiger charge is -2.14. The number of nitrogens with zero attached hydrogens (tertiary/aromatic N) is 1. The summed E-state index contributed by atoms with van der Waals surface area (Å²) in [7, 11) is 0. The molecule has 4 amide bonds. The maximum Gasteiger partial charge on any atom is 0.329 e. The Bertz CT molecular complexity index is 1400. The van der Waals surface area contributed by atoms with E-state index < -0.39 is 24.4 Å². The summed E-state index contributed by atoms with van der Waals surface area (Å²) in [5.41, 5.74) is 4.41. The molecule has 1 heterocycles. The molecule has 0 spiro atoms. The second kappa shape index (κ2) is 12.0. The molecule has 0 atom stereocenters. The third kappa shape index (κ3) is 6.60. The van der Waals surface area contributed by atoms with Gasteiger partial charge >= 0.3 is 6.03 Å². The van der Waals surface area contributed by atoms with Crippen molar-refractivity contribution in [3.63, 3.8) is 0 Å². The zero-order valence-corrected chi connectivity index (χ0v) is 22.9. The van der Waals surface area contributed by atoms with Crippen LogP contribution < -0.4 is 20.1 Å². The summed E-state index contributed by atoms with van der Waals surface area (Å²) in [4.78, 5) is 38.8. The van der Waals surface area contributed by atoms with E-state index in [1.54, 1.807) is 24.3 Å². The summed E-state index contributed by atoms with van der Waals surface area (Å²) in [6.07, 6.45) is 1.54. The molecule has 0 radical (unpaired) electrons. The number of aryl methyl sites for hydroxylation is 2. The summed E-state index contributed by atoms with van der Waals surface area (Å²) in [5.74, 6) is -0.0345. The van der Waals surface area contributed by atoms with E-state index in [1.807, 2.05) is 57.2 Å². The molecule has 1 fully saturated rings. The normalized spacial score (nSPS) is 14.0. The Morgan fingerprint density at radius 3 is 2.45 bits per heavy atom. The summed E-state index contributed by atoms with van der Waals surface area (Å²) in [5, 5.41) is 5.26. The lowest BCUT2D eigenvalue weighted by Crippen LogP contribution is -2.38. The Labute approximate surface area is 229 Å². The second-order valence-corrected chi connectivity index (χ2v) is 9.68. The molecule has 1 aliphatic rings. The molecular weight excluding hydrogens is 550 g/mol. The highest BCUT2D eigenvalue weighted by Crippen LogP contribution is 2.35. The van der Waals surface area contributed by atoms with Gasteiger partial charge in [0.2, 0.25) is 5.91 Å². The maximum absolute atomic E-state index is 13.0. The number of amides is 4. The summed E-state index contributed by atoms with van der Waals surface area (Å²) in [6, 6.07) is 18.1. The highest BCUT2D eigenvalue weighted by Gasteiger charge is 2.35. The number of ether oxygens (including phenoxy) is 2. The number of imide groups is 1. The molecule has 38 heavy (non-hydrogen) atoms. The molecule has 0 unspecified atom stereocenters. The number of hydrogen-bond acceptors (Lipinski definition) is 5. The van der Waals surface area contributed by atoms with Crippen molar-refractivity contribution >= 4 is 45.5 Å². The van der Waals surface area contributed by atoms with Crippen LogP contribution in [-0.2, 0) is 16.2 Å². The van der Waals surface area contributed by atoms with E-state index in [9.17, 15) is 14.4 Å². The monoisotopic (exact) mass is 577 g/mol. The highest BCUT2D eigenvalue weighted by atomic mass is 79.9. The fraction of sp³-hybridized carbons (Fsp3) is 0.207. The van der Waals surface area contributed by atoms with Crippen LogP contribution in [0.1, 0.15) is 29.2 Å². The Morgan fingerprint density at radius 1 is 1.00 bits per heavy atom. The molecule has 196 valence electrons. The van der Waals surface area contributed by atoms with Crippen LogP contribution in [0.4, 0.5) is 10.5 Å². The highest BCUT2D eigenvalue weighted by molar-refractivity contribution is 9.10. The van der Waals surface area contributed by atoms with Crippen molar-refractivity contribution in [2.45, 2.75) is 27.4 Å². The van der Waals surface area contributed by atoms with E-state index >= 15 is 0 Å². The second-order valence-electron chi connectivity index (χ2n) is 8.82. The number of halogens is 1. The van der Waals surface area contributed by atoms with Gasteiger partial charge < -0.3 is 20.1 Å². The van der Waals surface area contributed by atoms with Gasteiger partial charge in [0.1, 0.15) is 18.8 Å². The zero-order chi connectivity index (χ0) is 27.2. The molecule has 0 aromatic heterocycles. The molecule has 8 nitrogen and oxygen atoms in total. The van der Waals surface area contributed by atoms with Crippen LogP contribution in [0.2, 0.25) is 0 Å². The van der Waals surface area contributed by atoms with Crippen LogP contribution in [0.25, 0.3) is 6.08 Å². The number of anilines is 1. The molecule has 0 saturated carbocycles. The molecule has 2 N–H and O–H groups in total. The predicted molar refractivity (Wildman–Crippen MR) is 149 cm³/mol. The first-order valence-electron chi connectivity index (χ1n) is 12.1. The van der Waals surface area contributed by atoms with Gasteiger partial charge in [-0.05, 0) is 67.8 Å². The third-order valence-corrected chi connectivity index (χ3v) is 6.43. The molecule has 3 aromatic rings. The Hall–Kier alpha value is -4.11. The van der Waals surface area contributed by atoms with Crippen LogP contribution in [-0.4, -0.2) is 35.9 Å². The number of carbonyl (C=O) groups is 3. The van der Waals surface area contributed by atoms with E-state index in [0.29, 0.717) is 40.4 Å².